The number of nitrogens with one attached hydrogen (secondary N) is 1. The van der Waals surface area contributed by atoms with Crippen LogP contribution in [0.3, 0.4) is 0 Å². The first kappa shape index (κ1) is 17.0. The molecule has 0 aliphatic heterocycles. The fourth-order valence-corrected chi connectivity index (χ4v) is 1.97. The lowest BCUT2D eigenvalue weighted by molar-refractivity contribution is 0.193. The number of aliphatic hydroxyl groups excluding tert-OH is 1. The minimum atomic E-state index is 0.0746. The van der Waals surface area contributed by atoms with E-state index in [-0.39, 0.29) is 12.1 Å². The summed E-state index contributed by atoms with van der Waals surface area (Å²) in [5.41, 5.74) is 1.24. The normalized spacial score (nSPS) is 12.1. The van der Waals surface area contributed by atoms with Crippen LogP contribution >= 0.6 is 0 Å². The molecule has 20 heavy (non-hydrogen) atoms. The molecule has 2 N–H and O–H groups in total. The summed E-state index contributed by atoms with van der Waals surface area (Å²) in [5.74, 6) is 1.92. The van der Waals surface area contributed by atoms with Crippen LogP contribution in [0.1, 0.15) is 37.9 Å². The highest BCUT2D eigenvalue weighted by atomic mass is 16.3. The lowest BCUT2D eigenvalue weighted by Crippen LogP contribution is -2.35. The van der Waals surface area contributed by atoms with Crippen LogP contribution in [-0.2, 0) is 13.1 Å². The maximum atomic E-state index is 9.06. The molecule has 1 aromatic heterocycles. The van der Waals surface area contributed by atoms with Crippen molar-refractivity contribution in [2.75, 3.05) is 19.7 Å². The Labute approximate surface area is 122 Å². The number of nitrogens with zero attached hydrogens (tertiary/aromatic N) is 1. The highest BCUT2D eigenvalue weighted by molar-refractivity contribution is 5.20. The zero-order valence-electron chi connectivity index (χ0n) is 13.2. The molecular weight excluding hydrogens is 252 g/mol. The van der Waals surface area contributed by atoms with Crippen molar-refractivity contribution in [2.45, 2.75) is 46.3 Å². The van der Waals surface area contributed by atoms with E-state index in [4.69, 9.17) is 9.52 Å². The number of aryl methyl sites for hydroxylation is 1. The van der Waals surface area contributed by atoms with Gasteiger partial charge in [0.15, 0.2) is 0 Å². The second-order valence-electron chi connectivity index (χ2n) is 6.17. The molecule has 1 rings (SSSR count). The summed E-state index contributed by atoms with van der Waals surface area (Å²) >= 11 is 0. The summed E-state index contributed by atoms with van der Waals surface area (Å²) in [6.45, 7) is 15.2. The lowest BCUT2D eigenvalue weighted by atomic mass is 10.1. The number of hydrogen-bond acceptors (Lipinski definition) is 4. The van der Waals surface area contributed by atoms with Gasteiger partial charge in [-0.05, 0) is 39.3 Å². The van der Waals surface area contributed by atoms with E-state index in [0.29, 0.717) is 13.1 Å². The van der Waals surface area contributed by atoms with Gasteiger partial charge in [0.25, 0.3) is 0 Å². The Morgan fingerprint density at radius 1 is 1.45 bits per heavy atom. The van der Waals surface area contributed by atoms with Gasteiger partial charge in [-0.3, -0.25) is 4.90 Å². The monoisotopic (exact) mass is 280 g/mol. The topological polar surface area (TPSA) is 48.6 Å². The van der Waals surface area contributed by atoms with E-state index < -0.39 is 0 Å². The standard InChI is InChI=1S/C16H28N2O2/c1-6-7-18(8-9-19)12-14-10-13(2)15(20-14)11-17-16(3,4)5/h6,10,17,19H,1,7-9,11-12H2,2-5H3. The maximum Gasteiger partial charge on any atom is 0.120 e. The third kappa shape index (κ3) is 5.90. The summed E-state index contributed by atoms with van der Waals surface area (Å²) < 4.78 is 5.91. The van der Waals surface area contributed by atoms with Crippen LogP contribution in [0.5, 0.6) is 0 Å². The quantitative estimate of drug-likeness (QED) is 0.718. The molecule has 0 bridgehead atoms. The Kier molecular flexibility index (Phi) is 6.46. The van der Waals surface area contributed by atoms with Crippen molar-refractivity contribution in [3.05, 3.63) is 35.8 Å². The Hall–Kier alpha value is -1.10. The first-order valence-electron chi connectivity index (χ1n) is 7.13. The van der Waals surface area contributed by atoms with Crippen molar-refractivity contribution < 1.29 is 9.52 Å². The molecule has 0 saturated carbocycles. The Morgan fingerprint density at radius 2 is 2.15 bits per heavy atom. The third-order valence-corrected chi connectivity index (χ3v) is 3.03. The van der Waals surface area contributed by atoms with Crippen LogP contribution in [0, 0.1) is 6.92 Å². The zero-order valence-corrected chi connectivity index (χ0v) is 13.2. The average Bonchev–Trinajstić information content (AvgIpc) is 2.67. The van der Waals surface area contributed by atoms with Gasteiger partial charge in [-0.15, -0.1) is 6.58 Å². The van der Waals surface area contributed by atoms with Crippen LogP contribution in [0.25, 0.3) is 0 Å². The van der Waals surface area contributed by atoms with E-state index in [1.807, 2.05) is 6.08 Å². The van der Waals surface area contributed by atoms with E-state index >= 15 is 0 Å². The van der Waals surface area contributed by atoms with E-state index in [0.717, 1.165) is 24.6 Å². The van der Waals surface area contributed by atoms with Crippen molar-refractivity contribution in [2.24, 2.45) is 0 Å². The van der Waals surface area contributed by atoms with Crippen LogP contribution in [-0.4, -0.2) is 35.2 Å². The number of rotatable bonds is 8. The Bertz CT molecular complexity index is 419. The molecule has 0 unspecified atom stereocenters. The highest BCUT2D eigenvalue weighted by Crippen LogP contribution is 2.17. The predicted molar refractivity (Wildman–Crippen MR) is 82.6 cm³/mol. The van der Waals surface area contributed by atoms with Crippen LogP contribution < -0.4 is 5.32 Å². The van der Waals surface area contributed by atoms with Gasteiger partial charge < -0.3 is 14.8 Å². The molecule has 0 spiro atoms. The molecule has 0 saturated heterocycles. The van der Waals surface area contributed by atoms with Gasteiger partial charge >= 0.3 is 0 Å². The fraction of sp³-hybridized carbons (Fsp3) is 0.625. The van der Waals surface area contributed by atoms with Crippen molar-refractivity contribution in [3.63, 3.8) is 0 Å². The summed E-state index contributed by atoms with van der Waals surface area (Å²) in [7, 11) is 0. The van der Waals surface area contributed by atoms with Crippen molar-refractivity contribution >= 4 is 0 Å². The molecule has 0 fully saturated rings. The van der Waals surface area contributed by atoms with Crippen LogP contribution in [0.2, 0.25) is 0 Å². The fourth-order valence-electron chi connectivity index (χ4n) is 1.97. The van der Waals surface area contributed by atoms with Crippen molar-refractivity contribution in [3.8, 4) is 0 Å². The van der Waals surface area contributed by atoms with Gasteiger partial charge in [0.05, 0.1) is 19.7 Å². The molecule has 1 heterocycles. The van der Waals surface area contributed by atoms with E-state index in [2.05, 4.69) is 50.6 Å². The molecule has 1 aromatic rings. The van der Waals surface area contributed by atoms with Crippen molar-refractivity contribution in [1.29, 1.82) is 0 Å². The molecule has 0 aliphatic carbocycles. The predicted octanol–water partition coefficient (Wildman–Crippen LogP) is 2.46. The summed E-state index contributed by atoms with van der Waals surface area (Å²) in [4.78, 5) is 2.10. The number of furan rings is 1. The molecular formula is C16H28N2O2. The molecule has 0 radical (unpaired) electrons. The zero-order chi connectivity index (χ0) is 15.2. The lowest BCUT2D eigenvalue weighted by Gasteiger charge is -2.20. The van der Waals surface area contributed by atoms with Gasteiger partial charge in [-0.2, -0.15) is 0 Å². The van der Waals surface area contributed by atoms with Crippen LogP contribution in [0.15, 0.2) is 23.1 Å². The van der Waals surface area contributed by atoms with Gasteiger partial charge in [0, 0.05) is 18.6 Å². The smallest absolute Gasteiger partial charge is 0.120 e. The molecule has 4 heteroatoms. The number of hydrogen-bond donors (Lipinski definition) is 2. The van der Waals surface area contributed by atoms with Gasteiger partial charge in [0.1, 0.15) is 11.5 Å². The molecule has 0 amide bonds. The van der Waals surface area contributed by atoms with Crippen LogP contribution in [0.4, 0.5) is 0 Å². The summed E-state index contributed by atoms with van der Waals surface area (Å²) in [5, 5.41) is 12.5. The first-order chi connectivity index (χ1) is 9.35. The van der Waals surface area contributed by atoms with E-state index in [1.165, 1.54) is 5.56 Å². The van der Waals surface area contributed by atoms with Gasteiger partial charge in [0.2, 0.25) is 0 Å². The third-order valence-electron chi connectivity index (χ3n) is 3.03. The van der Waals surface area contributed by atoms with E-state index in [9.17, 15) is 0 Å². The molecule has 4 nitrogen and oxygen atoms in total. The van der Waals surface area contributed by atoms with E-state index in [1.54, 1.807) is 0 Å². The Morgan fingerprint density at radius 3 is 2.70 bits per heavy atom. The minimum Gasteiger partial charge on any atom is -0.463 e. The first-order valence-corrected chi connectivity index (χ1v) is 7.13. The summed E-state index contributed by atoms with van der Waals surface area (Å²) in [6.07, 6.45) is 1.84. The van der Waals surface area contributed by atoms with Gasteiger partial charge in [-0.25, -0.2) is 0 Å². The molecule has 0 atom stereocenters. The van der Waals surface area contributed by atoms with Crippen molar-refractivity contribution in [1.82, 2.24) is 10.2 Å². The highest BCUT2D eigenvalue weighted by Gasteiger charge is 2.14. The second kappa shape index (κ2) is 7.62. The minimum absolute atomic E-state index is 0.0746. The van der Waals surface area contributed by atoms with Gasteiger partial charge in [-0.1, -0.05) is 6.08 Å². The number of aliphatic hydroxyl groups is 1. The largest absolute Gasteiger partial charge is 0.463 e. The molecule has 0 aromatic carbocycles. The summed E-state index contributed by atoms with van der Waals surface area (Å²) in [6, 6.07) is 2.08. The SMILES string of the molecule is C=CCN(CCO)Cc1cc(C)c(CNC(C)(C)C)o1. The Balaban J connectivity index is 2.65. The molecule has 114 valence electrons. The second-order valence-corrected chi connectivity index (χ2v) is 6.17. The molecule has 0 aliphatic rings. The maximum absolute atomic E-state index is 9.06. The average molecular weight is 280 g/mol.